The minimum Gasteiger partial charge on any atom is -0.450 e. The minimum atomic E-state index is -3.42. The highest BCUT2D eigenvalue weighted by Crippen LogP contribution is 2.23. The van der Waals surface area contributed by atoms with E-state index in [0.29, 0.717) is 32.8 Å². The van der Waals surface area contributed by atoms with Crippen molar-refractivity contribution in [1.82, 2.24) is 9.80 Å². The van der Waals surface area contributed by atoms with E-state index in [1.165, 1.54) is 18.2 Å². The van der Waals surface area contributed by atoms with Crippen LogP contribution in [0.5, 0.6) is 0 Å². The van der Waals surface area contributed by atoms with Gasteiger partial charge in [0.1, 0.15) is 0 Å². The summed E-state index contributed by atoms with van der Waals surface area (Å²) in [4.78, 5) is 27.4. The first-order valence-corrected chi connectivity index (χ1v) is 9.96. The molecule has 1 aliphatic rings. The summed E-state index contributed by atoms with van der Waals surface area (Å²) in [6.07, 6.45) is 0.645. The van der Waals surface area contributed by atoms with Crippen LogP contribution in [0.3, 0.4) is 0 Å². The van der Waals surface area contributed by atoms with Gasteiger partial charge in [0.2, 0.25) is 10.0 Å². The molecule has 25 heavy (non-hydrogen) atoms. The van der Waals surface area contributed by atoms with Gasteiger partial charge in [-0.05, 0) is 25.1 Å². The first kappa shape index (κ1) is 19.3. The Hall–Kier alpha value is -2.00. The Morgan fingerprint density at radius 3 is 2.32 bits per heavy atom. The molecule has 0 radical (unpaired) electrons. The van der Waals surface area contributed by atoms with Crippen LogP contribution in [0, 0.1) is 0 Å². The molecular weight excluding hydrogens is 370 g/mol. The first-order valence-electron chi connectivity index (χ1n) is 7.69. The van der Waals surface area contributed by atoms with Crippen LogP contribution in [0.2, 0.25) is 5.02 Å². The lowest BCUT2D eigenvalue weighted by Crippen LogP contribution is -2.50. The Kier molecular flexibility index (Phi) is 6.12. The smallest absolute Gasteiger partial charge is 0.409 e. The highest BCUT2D eigenvalue weighted by Gasteiger charge is 2.26. The summed E-state index contributed by atoms with van der Waals surface area (Å²) in [7, 11) is -3.42. The summed E-state index contributed by atoms with van der Waals surface area (Å²) < 4.78 is 29.7. The number of carbonyl (C=O) groups excluding carboxylic acids is 2. The van der Waals surface area contributed by atoms with E-state index in [1.54, 1.807) is 16.7 Å². The zero-order valence-electron chi connectivity index (χ0n) is 14.0. The van der Waals surface area contributed by atoms with Crippen molar-refractivity contribution in [2.45, 2.75) is 6.92 Å². The Labute approximate surface area is 151 Å². The molecule has 1 saturated heterocycles. The fourth-order valence-electron chi connectivity index (χ4n) is 2.44. The summed E-state index contributed by atoms with van der Waals surface area (Å²) in [6, 6.07) is 4.36. The van der Waals surface area contributed by atoms with Gasteiger partial charge in [0.25, 0.3) is 5.91 Å². The van der Waals surface area contributed by atoms with Crippen molar-refractivity contribution >= 4 is 39.3 Å². The molecule has 0 saturated carbocycles. The second-order valence-electron chi connectivity index (χ2n) is 5.55. The topological polar surface area (TPSA) is 96.0 Å². The summed E-state index contributed by atoms with van der Waals surface area (Å²) in [5.41, 5.74) is 0.571. The number of nitrogens with zero attached hydrogens (tertiary/aromatic N) is 2. The molecule has 138 valence electrons. The van der Waals surface area contributed by atoms with Crippen LogP contribution in [-0.4, -0.2) is 69.3 Å². The molecule has 0 aromatic heterocycles. The lowest BCUT2D eigenvalue weighted by Gasteiger charge is -2.34. The number of amides is 2. The Balaban J connectivity index is 2.03. The van der Waals surface area contributed by atoms with Crippen LogP contribution in [0.25, 0.3) is 0 Å². The number of ether oxygens (including phenoxy) is 1. The minimum absolute atomic E-state index is 0.159. The lowest BCUT2D eigenvalue weighted by atomic mass is 10.1. The molecule has 1 fully saturated rings. The molecule has 0 bridgehead atoms. The fraction of sp³-hybridized carbons (Fsp3) is 0.467. The summed E-state index contributed by atoms with van der Waals surface area (Å²) >= 11 is 6.13. The van der Waals surface area contributed by atoms with E-state index < -0.39 is 10.0 Å². The van der Waals surface area contributed by atoms with Gasteiger partial charge in [0.05, 0.1) is 23.4 Å². The number of sulfonamides is 1. The normalized spacial score (nSPS) is 15.0. The Morgan fingerprint density at radius 1 is 1.20 bits per heavy atom. The van der Waals surface area contributed by atoms with E-state index >= 15 is 0 Å². The van der Waals surface area contributed by atoms with Gasteiger partial charge in [0, 0.05) is 31.9 Å². The molecule has 0 unspecified atom stereocenters. The van der Waals surface area contributed by atoms with Crippen LogP contribution in [0.4, 0.5) is 10.5 Å². The van der Waals surface area contributed by atoms with Crippen molar-refractivity contribution in [1.29, 1.82) is 0 Å². The molecule has 10 heteroatoms. The molecule has 0 aliphatic carbocycles. The number of anilines is 1. The summed E-state index contributed by atoms with van der Waals surface area (Å²) in [5.74, 6) is -0.264. The van der Waals surface area contributed by atoms with E-state index in [1.807, 2.05) is 0 Å². The van der Waals surface area contributed by atoms with E-state index in [2.05, 4.69) is 4.72 Å². The van der Waals surface area contributed by atoms with Gasteiger partial charge < -0.3 is 14.5 Å². The molecule has 2 rings (SSSR count). The first-order chi connectivity index (χ1) is 11.7. The fourth-order valence-corrected chi connectivity index (χ4v) is 3.26. The van der Waals surface area contributed by atoms with Gasteiger partial charge in [-0.3, -0.25) is 9.52 Å². The number of rotatable bonds is 4. The van der Waals surface area contributed by atoms with E-state index in [4.69, 9.17) is 16.3 Å². The van der Waals surface area contributed by atoms with Crippen LogP contribution < -0.4 is 4.72 Å². The predicted octanol–water partition coefficient (Wildman–Crippen LogP) is 1.63. The van der Waals surface area contributed by atoms with Crippen LogP contribution >= 0.6 is 11.6 Å². The number of hydrogen-bond acceptors (Lipinski definition) is 5. The second kappa shape index (κ2) is 7.92. The van der Waals surface area contributed by atoms with E-state index in [9.17, 15) is 18.0 Å². The molecule has 1 N–H and O–H groups in total. The van der Waals surface area contributed by atoms with Gasteiger partial charge in [-0.1, -0.05) is 11.6 Å². The highest BCUT2D eigenvalue weighted by atomic mass is 35.5. The molecule has 0 spiro atoms. The second-order valence-corrected chi connectivity index (χ2v) is 7.70. The number of carbonyl (C=O) groups is 2. The average Bonchev–Trinajstić information content (AvgIpc) is 2.53. The molecule has 1 aromatic carbocycles. The average molecular weight is 390 g/mol. The maximum Gasteiger partial charge on any atom is 0.409 e. The molecule has 2 amide bonds. The molecule has 8 nitrogen and oxygen atoms in total. The van der Waals surface area contributed by atoms with Crippen LogP contribution in [0.1, 0.15) is 17.3 Å². The summed E-state index contributed by atoms with van der Waals surface area (Å²) in [6.45, 7) is 3.56. The number of hydrogen-bond donors (Lipinski definition) is 1. The molecule has 0 atom stereocenters. The van der Waals surface area contributed by atoms with Crippen molar-refractivity contribution < 1.29 is 22.7 Å². The van der Waals surface area contributed by atoms with E-state index in [-0.39, 0.29) is 28.3 Å². The zero-order chi connectivity index (χ0) is 18.6. The Bertz CT molecular complexity index is 760. The standard InChI is InChI=1S/C15H20ClN3O5S/c1-3-24-15(21)19-8-6-18(7-9-19)14(20)12-5-4-11(10-13(12)16)17-25(2,22)23/h4-5,10,17H,3,6-9H2,1-2H3. The third kappa shape index (κ3) is 5.23. The van der Waals surface area contributed by atoms with Crippen molar-refractivity contribution in [2.24, 2.45) is 0 Å². The third-order valence-corrected chi connectivity index (χ3v) is 4.51. The maximum absolute atomic E-state index is 12.6. The Morgan fingerprint density at radius 2 is 1.80 bits per heavy atom. The van der Waals surface area contributed by atoms with Gasteiger partial charge >= 0.3 is 6.09 Å². The van der Waals surface area contributed by atoms with Gasteiger partial charge in [0.15, 0.2) is 0 Å². The monoisotopic (exact) mass is 389 g/mol. The maximum atomic E-state index is 12.6. The quantitative estimate of drug-likeness (QED) is 0.844. The molecule has 1 heterocycles. The zero-order valence-corrected chi connectivity index (χ0v) is 15.6. The number of halogens is 1. The van der Waals surface area contributed by atoms with E-state index in [0.717, 1.165) is 6.26 Å². The molecular formula is C15H20ClN3O5S. The van der Waals surface area contributed by atoms with Gasteiger partial charge in [-0.15, -0.1) is 0 Å². The number of nitrogens with one attached hydrogen (secondary N) is 1. The highest BCUT2D eigenvalue weighted by molar-refractivity contribution is 7.92. The van der Waals surface area contributed by atoms with Gasteiger partial charge in [-0.2, -0.15) is 0 Å². The van der Waals surface area contributed by atoms with Crippen molar-refractivity contribution in [3.63, 3.8) is 0 Å². The molecule has 1 aromatic rings. The third-order valence-electron chi connectivity index (χ3n) is 3.60. The predicted molar refractivity (Wildman–Crippen MR) is 94.4 cm³/mol. The van der Waals surface area contributed by atoms with Gasteiger partial charge in [-0.25, -0.2) is 13.2 Å². The van der Waals surface area contributed by atoms with Crippen LogP contribution in [0.15, 0.2) is 18.2 Å². The van der Waals surface area contributed by atoms with Crippen LogP contribution in [-0.2, 0) is 14.8 Å². The summed E-state index contributed by atoms with van der Waals surface area (Å²) in [5, 5.41) is 0.159. The lowest BCUT2D eigenvalue weighted by molar-refractivity contribution is 0.0570. The van der Waals surface area contributed by atoms with Crippen molar-refractivity contribution in [2.75, 3.05) is 43.8 Å². The SMILES string of the molecule is CCOC(=O)N1CCN(C(=O)c2ccc(NS(C)(=O)=O)cc2Cl)CC1. The largest absolute Gasteiger partial charge is 0.450 e. The van der Waals surface area contributed by atoms with Crippen molar-refractivity contribution in [3.05, 3.63) is 28.8 Å². The van der Waals surface area contributed by atoms with Crippen molar-refractivity contribution in [3.8, 4) is 0 Å². The number of benzene rings is 1. The number of piperazine rings is 1. The molecule has 1 aliphatic heterocycles.